The summed E-state index contributed by atoms with van der Waals surface area (Å²) < 4.78 is 4.94. The van der Waals surface area contributed by atoms with E-state index < -0.39 is 22.8 Å². The van der Waals surface area contributed by atoms with E-state index in [2.05, 4.69) is 5.32 Å². The number of carbonyl (C=O) groups is 2. The first-order valence-electron chi connectivity index (χ1n) is 7.39. The molecule has 0 spiro atoms. The third-order valence-corrected chi connectivity index (χ3v) is 3.44. The van der Waals surface area contributed by atoms with Gasteiger partial charge in [0.1, 0.15) is 11.4 Å². The van der Waals surface area contributed by atoms with E-state index in [4.69, 9.17) is 9.84 Å². The van der Waals surface area contributed by atoms with Crippen molar-refractivity contribution in [2.24, 2.45) is 0 Å². The summed E-state index contributed by atoms with van der Waals surface area (Å²) in [6.07, 6.45) is 0.674. The minimum absolute atomic E-state index is 0. The molecule has 1 atom stereocenters. The molecule has 0 aliphatic carbocycles. The maximum absolute atomic E-state index is 12.3. The van der Waals surface area contributed by atoms with Gasteiger partial charge in [-0.3, -0.25) is 24.6 Å². The Hall–Kier alpha value is -2.39. The molecule has 25 heavy (non-hydrogen) atoms. The topological polar surface area (TPSA) is 122 Å². The van der Waals surface area contributed by atoms with Crippen LogP contribution in [0.4, 0.5) is 11.4 Å². The highest BCUT2D eigenvalue weighted by molar-refractivity contribution is 5.96. The second kappa shape index (κ2) is 10.5. The Morgan fingerprint density at radius 1 is 1.44 bits per heavy atom. The van der Waals surface area contributed by atoms with Crippen LogP contribution in [0.1, 0.15) is 20.3 Å². The van der Waals surface area contributed by atoms with E-state index in [9.17, 15) is 19.7 Å². The van der Waals surface area contributed by atoms with Crippen LogP contribution in [0.15, 0.2) is 18.2 Å². The molecule has 0 aliphatic rings. The molecule has 1 unspecified atom stereocenters. The minimum atomic E-state index is -1.04. The largest absolute Gasteiger partial charge is 0.496 e. The van der Waals surface area contributed by atoms with Crippen LogP contribution in [0.3, 0.4) is 0 Å². The van der Waals surface area contributed by atoms with Gasteiger partial charge in [-0.1, -0.05) is 6.92 Å². The number of nitro benzene ring substituents is 1. The van der Waals surface area contributed by atoms with E-state index in [0.717, 1.165) is 0 Å². The number of methoxy groups -OCH3 is 1. The number of anilines is 1. The van der Waals surface area contributed by atoms with E-state index in [0.29, 0.717) is 18.7 Å². The third kappa shape index (κ3) is 6.55. The van der Waals surface area contributed by atoms with Crippen LogP contribution >= 0.6 is 12.4 Å². The van der Waals surface area contributed by atoms with Gasteiger partial charge < -0.3 is 15.2 Å². The number of carboxylic acid groups (broad SMARTS) is 1. The molecule has 0 fully saturated rings. The lowest BCUT2D eigenvalue weighted by atomic mass is 10.2. The number of carbonyl (C=O) groups excluding carboxylic acids is 1. The summed E-state index contributed by atoms with van der Waals surface area (Å²) in [7, 11) is 1.38. The predicted molar refractivity (Wildman–Crippen MR) is 94.5 cm³/mol. The molecule has 0 bridgehead atoms. The number of nitrogens with one attached hydrogen (secondary N) is 1. The van der Waals surface area contributed by atoms with E-state index in [-0.39, 0.29) is 30.3 Å². The first-order valence-corrected chi connectivity index (χ1v) is 7.39. The highest BCUT2D eigenvalue weighted by Gasteiger charge is 2.25. The fraction of sp³-hybridized carbons (Fsp3) is 0.467. The molecule has 9 nitrogen and oxygen atoms in total. The Morgan fingerprint density at radius 2 is 2.08 bits per heavy atom. The Morgan fingerprint density at radius 3 is 2.56 bits per heavy atom. The molecule has 0 aromatic heterocycles. The number of hydrogen-bond acceptors (Lipinski definition) is 6. The van der Waals surface area contributed by atoms with Crippen LogP contribution in [0.5, 0.6) is 5.75 Å². The molecule has 0 radical (unpaired) electrons. The summed E-state index contributed by atoms with van der Waals surface area (Å²) in [6, 6.07) is 3.33. The van der Waals surface area contributed by atoms with Gasteiger partial charge in [-0.05, 0) is 32.0 Å². The molecule has 0 heterocycles. The zero-order chi connectivity index (χ0) is 18.3. The van der Waals surface area contributed by atoms with Crippen molar-refractivity contribution in [2.45, 2.75) is 26.3 Å². The van der Waals surface area contributed by atoms with Crippen LogP contribution < -0.4 is 10.1 Å². The lowest BCUT2D eigenvalue weighted by Crippen LogP contribution is -2.45. The number of ether oxygens (including phenoxy) is 1. The summed E-state index contributed by atoms with van der Waals surface area (Å²) in [4.78, 5) is 35.3. The molecule has 0 aliphatic heterocycles. The number of aliphatic carboxylic acids is 1. The number of nitro groups is 1. The molecule has 10 heteroatoms. The van der Waals surface area contributed by atoms with E-state index in [1.807, 2.05) is 6.92 Å². The van der Waals surface area contributed by atoms with Gasteiger partial charge in [0, 0.05) is 0 Å². The smallest absolute Gasteiger partial charge is 0.317 e. The van der Waals surface area contributed by atoms with Crippen molar-refractivity contribution in [1.29, 1.82) is 0 Å². The Bertz CT molecular complexity index is 625. The Kier molecular flexibility index (Phi) is 9.47. The van der Waals surface area contributed by atoms with Gasteiger partial charge in [0.2, 0.25) is 5.91 Å². The van der Waals surface area contributed by atoms with Gasteiger partial charge in [-0.2, -0.15) is 0 Å². The van der Waals surface area contributed by atoms with Crippen molar-refractivity contribution in [3.05, 3.63) is 28.3 Å². The normalized spacial score (nSPS) is 11.4. The number of nitrogens with zero attached hydrogens (tertiary/aromatic N) is 2. The molecular formula is C15H22ClN3O6. The van der Waals surface area contributed by atoms with Gasteiger partial charge in [-0.25, -0.2) is 0 Å². The number of amides is 1. The van der Waals surface area contributed by atoms with Crippen molar-refractivity contribution in [3.63, 3.8) is 0 Å². The van der Waals surface area contributed by atoms with Crippen LogP contribution in [-0.2, 0) is 9.59 Å². The summed E-state index contributed by atoms with van der Waals surface area (Å²) in [5.74, 6) is -1.26. The molecule has 1 amide bonds. The average molecular weight is 376 g/mol. The number of carboxylic acids is 1. The molecular weight excluding hydrogens is 354 g/mol. The highest BCUT2D eigenvalue weighted by Crippen LogP contribution is 2.29. The monoisotopic (exact) mass is 375 g/mol. The van der Waals surface area contributed by atoms with Crippen LogP contribution in [0, 0.1) is 10.1 Å². The fourth-order valence-electron chi connectivity index (χ4n) is 2.17. The third-order valence-electron chi connectivity index (χ3n) is 3.44. The molecule has 0 saturated carbocycles. The number of hydrogen-bond donors (Lipinski definition) is 2. The van der Waals surface area contributed by atoms with Crippen molar-refractivity contribution >= 4 is 35.7 Å². The second-order valence-electron chi connectivity index (χ2n) is 5.17. The number of halogens is 1. The van der Waals surface area contributed by atoms with Crippen molar-refractivity contribution in [1.82, 2.24) is 4.90 Å². The van der Waals surface area contributed by atoms with Crippen molar-refractivity contribution in [3.8, 4) is 5.75 Å². The van der Waals surface area contributed by atoms with Gasteiger partial charge in [-0.15, -0.1) is 12.4 Å². The Labute approximate surface area is 151 Å². The highest BCUT2D eigenvalue weighted by atomic mass is 35.5. The van der Waals surface area contributed by atoms with Crippen LogP contribution in [-0.4, -0.2) is 53.0 Å². The van der Waals surface area contributed by atoms with Crippen LogP contribution in [0.25, 0.3) is 0 Å². The summed E-state index contributed by atoms with van der Waals surface area (Å²) >= 11 is 0. The number of benzene rings is 1. The van der Waals surface area contributed by atoms with Gasteiger partial charge in [0.25, 0.3) is 5.69 Å². The maximum Gasteiger partial charge on any atom is 0.317 e. The summed E-state index contributed by atoms with van der Waals surface area (Å²) in [5.41, 5.74) is -0.264. The van der Waals surface area contributed by atoms with E-state index in [1.165, 1.54) is 30.2 Å². The van der Waals surface area contributed by atoms with Gasteiger partial charge >= 0.3 is 5.97 Å². The SMILES string of the molecule is CCCN(CC(=O)O)C(C)C(=O)Nc1ccc(OC)cc1[N+](=O)[O-].Cl. The van der Waals surface area contributed by atoms with Gasteiger partial charge in [0.15, 0.2) is 0 Å². The summed E-state index contributed by atoms with van der Waals surface area (Å²) in [6.45, 7) is 3.57. The first kappa shape index (κ1) is 22.6. The zero-order valence-corrected chi connectivity index (χ0v) is 15.0. The molecule has 0 saturated heterocycles. The van der Waals surface area contributed by atoms with Crippen molar-refractivity contribution in [2.75, 3.05) is 25.5 Å². The minimum Gasteiger partial charge on any atom is -0.496 e. The van der Waals surface area contributed by atoms with E-state index in [1.54, 1.807) is 6.92 Å². The predicted octanol–water partition coefficient (Wildman–Crippen LogP) is 2.15. The average Bonchev–Trinajstić information content (AvgIpc) is 2.53. The van der Waals surface area contributed by atoms with Crippen LogP contribution in [0.2, 0.25) is 0 Å². The lowest BCUT2D eigenvalue weighted by Gasteiger charge is -2.26. The maximum atomic E-state index is 12.3. The van der Waals surface area contributed by atoms with E-state index >= 15 is 0 Å². The van der Waals surface area contributed by atoms with Crippen molar-refractivity contribution < 1.29 is 24.4 Å². The second-order valence-corrected chi connectivity index (χ2v) is 5.17. The summed E-state index contributed by atoms with van der Waals surface area (Å²) in [5, 5.41) is 22.5. The molecule has 1 aromatic rings. The zero-order valence-electron chi connectivity index (χ0n) is 14.2. The van der Waals surface area contributed by atoms with Gasteiger partial charge in [0.05, 0.1) is 30.7 Å². The molecule has 1 rings (SSSR count). The first-order chi connectivity index (χ1) is 11.3. The fourth-order valence-corrected chi connectivity index (χ4v) is 2.17. The standard InChI is InChI=1S/C15H21N3O6.ClH/c1-4-7-17(9-14(19)20)10(2)15(21)16-12-6-5-11(24-3)8-13(12)18(22)23;/h5-6,8,10H,4,7,9H2,1-3H3,(H,16,21)(H,19,20);1H. The lowest BCUT2D eigenvalue weighted by molar-refractivity contribution is -0.384. The molecule has 1 aromatic carbocycles. The molecule has 2 N–H and O–H groups in total. The quantitative estimate of drug-likeness (QED) is 0.500. The Balaban J connectivity index is 0.00000576. The molecule has 140 valence electrons. The number of rotatable bonds is 9.